The molecule has 0 radical (unpaired) electrons. The van der Waals surface area contributed by atoms with E-state index in [-0.39, 0.29) is 17.9 Å². The fourth-order valence-electron chi connectivity index (χ4n) is 4.33. The van der Waals surface area contributed by atoms with Gasteiger partial charge in [0.1, 0.15) is 23.5 Å². The van der Waals surface area contributed by atoms with Gasteiger partial charge < -0.3 is 14.1 Å². The molecule has 0 atom stereocenters. The van der Waals surface area contributed by atoms with E-state index in [0.29, 0.717) is 42.8 Å². The van der Waals surface area contributed by atoms with Gasteiger partial charge in [-0.3, -0.25) is 4.79 Å². The zero-order chi connectivity index (χ0) is 26.0. The predicted molar refractivity (Wildman–Crippen MR) is 134 cm³/mol. The van der Waals surface area contributed by atoms with Crippen molar-refractivity contribution in [1.82, 2.24) is 24.6 Å². The summed E-state index contributed by atoms with van der Waals surface area (Å²) in [5.41, 5.74) is 1.27. The Morgan fingerprint density at radius 2 is 1.83 bits per heavy atom. The van der Waals surface area contributed by atoms with E-state index in [0.717, 1.165) is 24.2 Å². The highest BCUT2D eigenvalue weighted by molar-refractivity contribution is 5.98. The third kappa shape index (κ3) is 5.92. The second-order valence-corrected chi connectivity index (χ2v) is 10.3. The minimum Gasteiger partial charge on any atom is -0.445 e. The monoisotopic (exact) mass is 494 g/mol. The first-order chi connectivity index (χ1) is 17.0. The summed E-state index contributed by atoms with van der Waals surface area (Å²) in [4.78, 5) is 38.0. The summed E-state index contributed by atoms with van der Waals surface area (Å²) < 4.78 is 13.0. The van der Waals surface area contributed by atoms with Crippen molar-refractivity contribution in [3.63, 3.8) is 0 Å². The smallest absolute Gasteiger partial charge is 0.410 e. The Balaban J connectivity index is 1.51. The maximum Gasteiger partial charge on any atom is 0.410 e. The number of carbonyl (C=O) groups excluding carboxylic acids is 2. The number of aryl methyl sites for hydroxylation is 3. The van der Waals surface area contributed by atoms with Crippen LogP contribution < -0.4 is 4.90 Å². The number of carbonyl (C=O) groups is 2. The molecule has 0 aliphatic carbocycles. The van der Waals surface area contributed by atoms with E-state index < -0.39 is 5.60 Å². The average Bonchev–Trinajstić information content (AvgIpc) is 3.37. The van der Waals surface area contributed by atoms with E-state index in [4.69, 9.17) is 9.15 Å². The van der Waals surface area contributed by atoms with Crippen LogP contribution in [0.5, 0.6) is 0 Å². The largest absolute Gasteiger partial charge is 0.445 e. The molecule has 3 aromatic rings. The van der Waals surface area contributed by atoms with E-state index in [9.17, 15) is 9.59 Å². The van der Waals surface area contributed by atoms with Gasteiger partial charge in [0.2, 0.25) is 11.8 Å². The van der Waals surface area contributed by atoms with Crippen LogP contribution >= 0.6 is 0 Å². The molecule has 1 saturated heterocycles. The van der Waals surface area contributed by atoms with Crippen LogP contribution in [0.25, 0.3) is 5.82 Å². The molecule has 1 aliphatic rings. The number of likely N-dealkylation sites (tertiary alicyclic amines) is 1. The predicted octanol–water partition coefficient (Wildman–Crippen LogP) is 4.88. The normalized spacial score (nSPS) is 14.7. The summed E-state index contributed by atoms with van der Waals surface area (Å²) in [6.07, 6.45) is 2.86. The lowest BCUT2D eigenvalue weighted by Crippen LogP contribution is -2.42. The van der Waals surface area contributed by atoms with Gasteiger partial charge in [-0.1, -0.05) is 0 Å². The first-order valence-electron chi connectivity index (χ1n) is 12.2. The fourth-order valence-corrected chi connectivity index (χ4v) is 4.33. The topological polar surface area (TPSA) is 107 Å². The Morgan fingerprint density at radius 1 is 1.11 bits per heavy atom. The van der Waals surface area contributed by atoms with Crippen LogP contribution in [0.1, 0.15) is 57.2 Å². The van der Waals surface area contributed by atoms with Crippen molar-refractivity contribution in [3.05, 3.63) is 47.7 Å². The molecule has 192 valence electrons. The van der Waals surface area contributed by atoms with E-state index in [1.807, 2.05) is 53.7 Å². The van der Waals surface area contributed by atoms with Gasteiger partial charge in [-0.25, -0.2) is 24.3 Å². The average molecular weight is 495 g/mol. The lowest BCUT2D eigenvalue weighted by molar-refractivity contribution is -0.119. The first-order valence-corrected chi connectivity index (χ1v) is 12.2. The number of furan rings is 1. The number of anilines is 2. The lowest BCUT2D eigenvalue weighted by Gasteiger charge is -2.33. The van der Waals surface area contributed by atoms with Crippen molar-refractivity contribution < 1.29 is 18.7 Å². The van der Waals surface area contributed by atoms with Gasteiger partial charge >= 0.3 is 6.09 Å². The van der Waals surface area contributed by atoms with E-state index in [1.165, 1.54) is 11.2 Å². The Kier molecular flexibility index (Phi) is 7.14. The first kappa shape index (κ1) is 25.4. The number of aromatic nitrogens is 4. The van der Waals surface area contributed by atoms with Crippen LogP contribution in [0, 0.1) is 26.7 Å². The molecule has 10 heteroatoms. The molecule has 10 nitrogen and oxygen atoms in total. The summed E-state index contributed by atoms with van der Waals surface area (Å²) in [6.45, 7) is 12.4. The third-order valence-electron chi connectivity index (χ3n) is 6.02. The molecule has 1 fully saturated rings. The SMILES string of the molecule is Cc1cc(C)n(-c2cc(N(C(=O)CC3CCN(C(=O)OC(C)(C)C)CC3)c3ccc(C)o3)ncn2)n1. The van der Waals surface area contributed by atoms with Crippen LogP contribution in [-0.4, -0.2) is 55.3 Å². The quantitative estimate of drug-likeness (QED) is 0.497. The van der Waals surface area contributed by atoms with E-state index in [2.05, 4.69) is 15.1 Å². The zero-order valence-corrected chi connectivity index (χ0v) is 21.8. The molecular formula is C26H34N6O4. The molecule has 4 heterocycles. The highest BCUT2D eigenvalue weighted by Crippen LogP contribution is 2.30. The van der Waals surface area contributed by atoms with Crippen LogP contribution in [0.15, 0.2) is 35.0 Å². The number of hydrogen-bond acceptors (Lipinski definition) is 7. The summed E-state index contributed by atoms with van der Waals surface area (Å²) in [5, 5.41) is 4.50. The molecule has 0 N–H and O–H groups in total. The molecule has 4 rings (SSSR count). The second kappa shape index (κ2) is 10.1. The summed E-state index contributed by atoms with van der Waals surface area (Å²) >= 11 is 0. The molecule has 0 unspecified atom stereocenters. The number of nitrogens with zero attached hydrogens (tertiary/aromatic N) is 6. The van der Waals surface area contributed by atoms with E-state index >= 15 is 0 Å². The minimum absolute atomic E-state index is 0.127. The second-order valence-electron chi connectivity index (χ2n) is 10.3. The highest BCUT2D eigenvalue weighted by atomic mass is 16.6. The molecule has 0 aromatic carbocycles. The van der Waals surface area contributed by atoms with Gasteiger partial charge in [0.25, 0.3) is 0 Å². The van der Waals surface area contributed by atoms with Gasteiger partial charge in [0, 0.05) is 37.3 Å². The van der Waals surface area contributed by atoms with Gasteiger partial charge in [0.05, 0.1) is 5.69 Å². The Bertz CT molecular complexity index is 1230. The maximum absolute atomic E-state index is 13.6. The summed E-state index contributed by atoms with van der Waals surface area (Å²) in [7, 11) is 0. The third-order valence-corrected chi connectivity index (χ3v) is 6.02. The van der Waals surface area contributed by atoms with Crippen molar-refractivity contribution in [3.8, 4) is 5.82 Å². The van der Waals surface area contributed by atoms with Gasteiger partial charge in [0.15, 0.2) is 5.82 Å². The van der Waals surface area contributed by atoms with Gasteiger partial charge in [-0.15, -0.1) is 0 Å². The van der Waals surface area contributed by atoms with Crippen LogP contribution in [0.2, 0.25) is 0 Å². The molecule has 36 heavy (non-hydrogen) atoms. The minimum atomic E-state index is -0.532. The van der Waals surface area contributed by atoms with Crippen molar-refractivity contribution in [2.75, 3.05) is 18.0 Å². The molecule has 2 amide bonds. The van der Waals surface area contributed by atoms with Crippen molar-refractivity contribution in [2.24, 2.45) is 5.92 Å². The maximum atomic E-state index is 13.6. The van der Waals surface area contributed by atoms with Crippen molar-refractivity contribution >= 4 is 23.7 Å². The lowest BCUT2D eigenvalue weighted by atomic mass is 9.93. The Morgan fingerprint density at radius 3 is 2.42 bits per heavy atom. The molecule has 0 bridgehead atoms. The number of rotatable bonds is 5. The standard InChI is InChI=1S/C26H34N6O4/c1-17-13-18(2)32(29-17)22-15-21(27-16-28-22)31(24-8-7-19(3)35-24)23(33)14-20-9-11-30(12-10-20)25(34)36-26(4,5)6/h7-8,13,15-16,20H,9-12,14H2,1-6H3. The van der Waals surface area contributed by atoms with E-state index in [1.54, 1.807) is 21.7 Å². The number of hydrogen-bond donors (Lipinski definition) is 0. The highest BCUT2D eigenvalue weighted by Gasteiger charge is 2.31. The van der Waals surface area contributed by atoms with Crippen LogP contribution in [0.4, 0.5) is 16.5 Å². The Hall–Kier alpha value is -3.69. The fraction of sp³-hybridized carbons (Fsp3) is 0.500. The summed E-state index contributed by atoms with van der Waals surface area (Å²) in [6, 6.07) is 7.28. The molecule has 1 aliphatic heterocycles. The molecule has 3 aromatic heterocycles. The number of amides is 2. The molecular weight excluding hydrogens is 460 g/mol. The number of ether oxygens (including phenoxy) is 1. The summed E-state index contributed by atoms with van der Waals surface area (Å²) in [5.74, 6) is 2.09. The zero-order valence-electron chi connectivity index (χ0n) is 21.8. The van der Waals surface area contributed by atoms with Crippen LogP contribution in [-0.2, 0) is 9.53 Å². The van der Waals surface area contributed by atoms with Gasteiger partial charge in [-0.05, 0) is 72.4 Å². The molecule has 0 spiro atoms. The van der Waals surface area contributed by atoms with Crippen molar-refractivity contribution in [1.29, 1.82) is 0 Å². The Labute approximate surface area is 211 Å². The molecule has 0 saturated carbocycles. The van der Waals surface area contributed by atoms with Gasteiger partial charge in [-0.2, -0.15) is 5.10 Å². The van der Waals surface area contributed by atoms with Crippen LogP contribution in [0.3, 0.4) is 0 Å². The number of piperidine rings is 1. The van der Waals surface area contributed by atoms with Crippen molar-refractivity contribution in [2.45, 2.75) is 66.4 Å².